The lowest BCUT2D eigenvalue weighted by Gasteiger charge is -2.15. The highest BCUT2D eigenvalue weighted by Crippen LogP contribution is 2.28. The SMILES string of the molecule is NNC(C1=CCCO1)c1cnn2ccncc12. The lowest BCUT2D eigenvalue weighted by molar-refractivity contribution is 0.216. The van der Waals surface area contributed by atoms with Gasteiger partial charge in [-0.2, -0.15) is 5.10 Å². The molecule has 0 bridgehead atoms. The molecule has 3 N–H and O–H groups in total. The van der Waals surface area contributed by atoms with E-state index >= 15 is 0 Å². The van der Waals surface area contributed by atoms with Crippen LogP contribution in [0.3, 0.4) is 0 Å². The highest BCUT2D eigenvalue weighted by Gasteiger charge is 2.22. The summed E-state index contributed by atoms with van der Waals surface area (Å²) in [5.41, 5.74) is 4.65. The lowest BCUT2D eigenvalue weighted by Crippen LogP contribution is -2.29. The number of ether oxygens (including phenoxy) is 1. The van der Waals surface area contributed by atoms with Gasteiger partial charge in [-0.05, 0) is 6.08 Å². The first-order valence-corrected chi connectivity index (χ1v) is 5.46. The molecule has 1 aliphatic heterocycles. The molecule has 2 aromatic heterocycles. The van der Waals surface area contributed by atoms with E-state index in [4.69, 9.17) is 10.6 Å². The molecule has 0 amide bonds. The topological polar surface area (TPSA) is 77.5 Å². The summed E-state index contributed by atoms with van der Waals surface area (Å²) in [5, 5.41) is 4.26. The molecular formula is C11H13N5O. The smallest absolute Gasteiger partial charge is 0.115 e. The van der Waals surface area contributed by atoms with E-state index in [0.29, 0.717) is 6.61 Å². The highest BCUT2D eigenvalue weighted by molar-refractivity contribution is 5.54. The molecule has 3 heterocycles. The predicted octanol–water partition coefficient (Wildman–Crippen LogP) is 0.538. The molecule has 0 saturated carbocycles. The lowest BCUT2D eigenvalue weighted by atomic mass is 10.1. The molecule has 2 aromatic rings. The van der Waals surface area contributed by atoms with Crippen molar-refractivity contribution in [2.24, 2.45) is 5.84 Å². The van der Waals surface area contributed by atoms with Crippen molar-refractivity contribution in [3.05, 3.63) is 42.2 Å². The van der Waals surface area contributed by atoms with Crippen molar-refractivity contribution in [3.8, 4) is 0 Å². The highest BCUT2D eigenvalue weighted by atomic mass is 16.5. The summed E-state index contributed by atoms with van der Waals surface area (Å²) < 4.78 is 7.31. The quantitative estimate of drug-likeness (QED) is 0.595. The number of hydrazine groups is 1. The summed E-state index contributed by atoms with van der Waals surface area (Å²) in [6, 6.07) is -0.167. The minimum atomic E-state index is -0.167. The second-order valence-electron chi connectivity index (χ2n) is 3.85. The molecule has 1 atom stereocenters. The zero-order valence-corrected chi connectivity index (χ0v) is 9.21. The third-order valence-electron chi connectivity index (χ3n) is 2.85. The maximum absolute atomic E-state index is 5.61. The third kappa shape index (κ3) is 1.67. The number of aromatic nitrogens is 3. The molecule has 6 heteroatoms. The third-order valence-corrected chi connectivity index (χ3v) is 2.85. The van der Waals surface area contributed by atoms with Crippen molar-refractivity contribution in [3.63, 3.8) is 0 Å². The van der Waals surface area contributed by atoms with Crippen molar-refractivity contribution in [1.82, 2.24) is 20.0 Å². The second kappa shape index (κ2) is 4.15. The van der Waals surface area contributed by atoms with Gasteiger partial charge in [-0.15, -0.1) is 0 Å². The fourth-order valence-electron chi connectivity index (χ4n) is 2.04. The Morgan fingerprint density at radius 2 is 2.41 bits per heavy atom. The molecular weight excluding hydrogens is 218 g/mol. The van der Waals surface area contributed by atoms with Crippen LogP contribution in [0.1, 0.15) is 18.0 Å². The van der Waals surface area contributed by atoms with Crippen molar-refractivity contribution >= 4 is 5.52 Å². The van der Waals surface area contributed by atoms with Crippen LogP contribution >= 0.6 is 0 Å². The molecule has 0 aliphatic carbocycles. The largest absolute Gasteiger partial charge is 0.496 e. The van der Waals surface area contributed by atoms with Crippen LogP contribution in [0, 0.1) is 0 Å². The Morgan fingerprint density at radius 3 is 3.18 bits per heavy atom. The average molecular weight is 231 g/mol. The van der Waals surface area contributed by atoms with E-state index in [1.165, 1.54) is 0 Å². The molecule has 6 nitrogen and oxygen atoms in total. The Bertz CT molecular complexity index is 562. The molecule has 0 radical (unpaired) electrons. The van der Waals surface area contributed by atoms with E-state index < -0.39 is 0 Å². The van der Waals surface area contributed by atoms with Crippen LogP contribution in [-0.2, 0) is 4.74 Å². The van der Waals surface area contributed by atoms with Crippen LogP contribution in [-0.4, -0.2) is 21.2 Å². The normalized spacial score (nSPS) is 16.9. The summed E-state index contributed by atoms with van der Waals surface area (Å²) >= 11 is 0. The van der Waals surface area contributed by atoms with Gasteiger partial charge in [0, 0.05) is 24.4 Å². The van der Waals surface area contributed by atoms with Gasteiger partial charge < -0.3 is 4.74 Å². The zero-order valence-electron chi connectivity index (χ0n) is 9.21. The van der Waals surface area contributed by atoms with Gasteiger partial charge >= 0.3 is 0 Å². The number of nitrogens with one attached hydrogen (secondary N) is 1. The van der Waals surface area contributed by atoms with Gasteiger partial charge in [0.05, 0.1) is 24.5 Å². The van der Waals surface area contributed by atoms with Crippen molar-refractivity contribution in [1.29, 1.82) is 0 Å². The Hall–Kier alpha value is -1.92. The van der Waals surface area contributed by atoms with E-state index in [1.807, 2.05) is 6.08 Å². The van der Waals surface area contributed by atoms with E-state index in [9.17, 15) is 0 Å². The number of rotatable bonds is 3. The van der Waals surface area contributed by atoms with Crippen LogP contribution in [0.4, 0.5) is 0 Å². The van der Waals surface area contributed by atoms with E-state index in [2.05, 4.69) is 15.5 Å². The fourth-order valence-corrected chi connectivity index (χ4v) is 2.04. The van der Waals surface area contributed by atoms with Crippen molar-refractivity contribution in [2.75, 3.05) is 6.61 Å². The predicted molar refractivity (Wildman–Crippen MR) is 61.7 cm³/mol. The summed E-state index contributed by atoms with van der Waals surface area (Å²) in [5.74, 6) is 6.46. The van der Waals surface area contributed by atoms with Crippen LogP contribution in [0.15, 0.2) is 36.6 Å². The van der Waals surface area contributed by atoms with Crippen molar-refractivity contribution < 1.29 is 4.74 Å². The molecule has 0 spiro atoms. The second-order valence-corrected chi connectivity index (χ2v) is 3.85. The summed E-state index contributed by atoms with van der Waals surface area (Å²) in [4.78, 5) is 4.10. The molecule has 1 aliphatic rings. The van der Waals surface area contributed by atoms with Gasteiger partial charge in [-0.25, -0.2) is 9.94 Å². The molecule has 3 rings (SSSR count). The summed E-state index contributed by atoms with van der Waals surface area (Å²) in [6.45, 7) is 0.713. The molecule has 88 valence electrons. The number of fused-ring (bicyclic) bond motifs is 1. The number of hydrogen-bond donors (Lipinski definition) is 2. The first-order valence-electron chi connectivity index (χ1n) is 5.46. The minimum absolute atomic E-state index is 0.167. The van der Waals surface area contributed by atoms with Crippen LogP contribution in [0.25, 0.3) is 5.52 Å². The molecule has 0 saturated heterocycles. The monoisotopic (exact) mass is 231 g/mol. The standard InChI is InChI=1S/C11H13N5O/c12-15-11(10-2-1-5-17-10)8-6-14-16-4-3-13-7-9(8)16/h2-4,6-7,11,15H,1,5,12H2. The summed E-state index contributed by atoms with van der Waals surface area (Å²) in [6.07, 6.45) is 10.0. The first kappa shape index (κ1) is 10.2. The van der Waals surface area contributed by atoms with Crippen LogP contribution in [0.5, 0.6) is 0 Å². The number of nitrogens with zero attached hydrogens (tertiary/aromatic N) is 3. The van der Waals surface area contributed by atoms with Crippen molar-refractivity contribution in [2.45, 2.75) is 12.5 Å². The summed E-state index contributed by atoms with van der Waals surface area (Å²) in [7, 11) is 0. The van der Waals surface area contributed by atoms with E-state index in [0.717, 1.165) is 23.3 Å². The Balaban J connectivity index is 2.06. The minimum Gasteiger partial charge on any atom is -0.496 e. The first-order chi connectivity index (χ1) is 8.40. The molecule has 1 unspecified atom stereocenters. The van der Waals surface area contributed by atoms with Gasteiger partial charge in [0.2, 0.25) is 0 Å². The maximum Gasteiger partial charge on any atom is 0.115 e. The van der Waals surface area contributed by atoms with Crippen LogP contribution < -0.4 is 11.3 Å². The van der Waals surface area contributed by atoms with Crippen LogP contribution in [0.2, 0.25) is 0 Å². The molecule has 17 heavy (non-hydrogen) atoms. The molecule has 0 aromatic carbocycles. The zero-order chi connectivity index (χ0) is 11.7. The Labute approximate surface area is 98.1 Å². The van der Waals surface area contributed by atoms with Gasteiger partial charge in [0.15, 0.2) is 0 Å². The Morgan fingerprint density at radius 1 is 1.47 bits per heavy atom. The van der Waals surface area contributed by atoms with E-state index in [-0.39, 0.29) is 6.04 Å². The van der Waals surface area contributed by atoms with Gasteiger partial charge in [-0.1, -0.05) is 0 Å². The van der Waals surface area contributed by atoms with Gasteiger partial charge in [-0.3, -0.25) is 10.8 Å². The maximum atomic E-state index is 5.61. The average Bonchev–Trinajstić information content (AvgIpc) is 3.01. The number of nitrogens with two attached hydrogens (primary N) is 1. The molecule has 0 fully saturated rings. The Kier molecular flexibility index (Phi) is 2.50. The van der Waals surface area contributed by atoms with E-state index in [1.54, 1.807) is 29.3 Å². The fraction of sp³-hybridized carbons (Fsp3) is 0.273. The van der Waals surface area contributed by atoms with Gasteiger partial charge in [0.25, 0.3) is 0 Å². The number of hydrogen-bond acceptors (Lipinski definition) is 5. The van der Waals surface area contributed by atoms with Gasteiger partial charge in [0.1, 0.15) is 11.8 Å².